The summed E-state index contributed by atoms with van der Waals surface area (Å²) < 4.78 is 37.2. The molecule has 0 bridgehead atoms. The van der Waals surface area contributed by atoms with Gasteiger partial charge in [-0.2, -0.15) is 0 Å². The van der Waals surface area contributed by atoms with Gasteiger partial charge in [0.05, 0.1) is 11.5 Å². The first-order valence-corrected chi connectivity index (χ1v) is 3.94. The van der Waals surface area contributed by atoms with Gasteiger partial charge in [-0.3, -0.25) is 0 Å². The van der Waals surface area contributed by atoms with Crippen LogP contribution in [0.1, 0.15) is 0 Å². The molecular weight excluding hydrogens is 181 g/mol. The van der Waals surface area contributed by atoms with Crippen LogP contribution in [0.2, 0.25) is 0 Å². The molecule has 74 valence electrons. The second-order valence-corrected chi connectivity index (χ2v) is 3.14. The van der Waals surface area contributed by atoms with Crippen molar-refractivity contribution in [2.75, 3.05) is 20.0 Å². The maximum Gasteiger partial charge on any atom is 0.113 e. The first-order valence-electron chi connectivity index (χ1n) is 3.94. The fourth-order valence-corrected chi connectivity index (χ4v) is 1.30. The number of rotatable bonds is 3. The van der Waals surface area contributed by atoms with E-state index in [2.05, 4.69) is 0 Å². The van der Waals surface area contributed by atoms with Crippen molar-refractivity contribution < 1.29 is 18.3 Å². The Bertz CT molecular complexity index is 231. The van der Waals surface area contributed by atoms with E-state index < -0.39 is 31.5 Å². The predicted molar refractivity (Wildman–Crippen MR) is 43.6 cm³/mol. The standard InChI is InChI=1S/C9H11F3O/c10-4-7-2-1-3-9(5-11,6-12)8(7)13/h1-3,8,13H,4-6H2. The quantitative estimate of drug-likeness (QED) is 0.722. The molecule has 1 N–H and O–H groups in total. The molecule has 0 spiro atoms. The van der Waals surface area contributed by atoms with Crippen LogP contribution in [0.4, 0.5) is 13.2 Å². The molecule has 0 saturated carbocycles. The molecule has 13 heavy (non-hydrogen) atoms. The highest BCUT2D eigenvalue weighted by Crippen LogP contribution is 2.33. The van der Waals surface area contributed by atoms with Crippen molar-refractivity contribution in [3.05, 3.63) is 23.8 Å². The fourth-order valence-electron chi connectivity index (χ4n) is 1.30. The molecule has 0 saturated heterocycles. The minimum absolute atomic E-state index is 0.0257. The fraction of sp³-hybridized carbons (Fsp3) is 0.556. The lowest BCUT2D eigenvalue weighted by molar-refractivity contribution is 0.0423. The maximum atomic E-state index is 12.5. The van der Waals surface area contributed by atoms with Crippen LogP contribution in [0.15, 0.2) is 23.8 Å². The van der Waals surface area contributed by atoms with Crippen LogP contribution in [0, 0.1) is 5.41 Å². The second-order valence-electron chi connectivity index (χ2n) is 3.14. The summed E-state index contributed by atoms with van der Waals surface area (Å²) in [6.45, 7) is -2.94. The van der Waals surface area contributed by atoms with Crippen molar-refractivity contribution in [1.29, 1.82) is 0 Å². The Morgan fingerprint density at radius 2 is 1.92 bits per heavy atom. The summed E-state index contributed by atoms with van der Waals surface area (Å²) in [6, 6.07) is 0. The molecule has 1 rings (SSSR count). The molecule has 0 aromatic heterocycles. The average Bonchev–Trinajstić information content (AvgIpc) is 2.19. The molecule has 1 nitrogen and oxygen atoms in total. The van der Waals surface area contributed by atoms with Crippen molar-refractivity contribution in [2.45, 2.75) is 6.10 Å². The molecule has 0 amide bonds. The SMILES string of the molecule is OC1C(CF)=CC=CC1(CF)CF. The normalized spacial score (nSPS) is 25.8. The summed E-state index contributed by atoms with van der Waals surface area (Å²) in [5, 5.41) is 9.44. The Morgan fingerprint density at radius 3 is 2.38 bits per heavy atom. The molecule has 0 radical (unpaired) electrons. The van der Waals surface area contributed by atoms with Gasteiger partial charge in [0.15, 0.2) is 0 Å². The number of halogens is 3. The summed E-state index contributed by atoms with van der Waals surface area (Å²) in [5.74, 6) is 0. The van der Waals surface area contributed by atoms with Crippen LogP contribution in [0.3, 0.4) is 0 Å². The topological polar surface area (TPSA) is 20.2 Å². The lowest BCUT2D eigenvalue weighted by Gasteiger charge is -2.32. The number of hydrogen-bond acceptors (Lipinski definition) is 1. The van der Waals surface area contributed by atoms with E-state index in [0.29, 0.717) is 0 Å². The summed E-state index contributed by atoms with van der Waals surface area (Å²) in [5.41, 5.74) is -1.55. The highest BCUT2D eigenvalue weighted by molar-refractivity contribution is 5.29. The number of alkyl halides is 3. The van der Waals surface area contributed by atoms with E-state index in [-0.39, 0.29) is 5.57 Å². The van der Waals surface area contributed by atoms with Gasteiger partial charge in [0.2, 0.25) is 0 Å². The lowest BCUT2D eigenvalue weighted by atomic mass is 9.78. The Kier molecular flexibility index (Phi) is 3.14. The third-order valence-electron chi connectivity index (χ3n) is 2.29. The van der Waals surface area contributed by atoms with Gasteiger partial charge in [0, 0.05) is 0 Å². The highest BCUT2D eigenvalue weighted by atomic mass is 19.1. The zero-order valence-electron chi connectivity index (χ0n) is 7.01. The molecular formula is C9H11F3O. The third-order valence-corrected chi connectivity index (χ3v) is 2.29. The van der Waals surface area contributed by atoms with Gasteiger partial charge in [-0.15, -0.1) is 0 Å². The Balaban J connectivity index is 2.92. The lowest BCUT2D eigenvalue weighted by Crippen LogP contribution is -2.40. The van der Waals surface area contributed by atoms with E-state index in [9.17, 15) is 18.3 Å². The predicted octanol–water partition coefficient (Wildman–Crippen LogP) is 1.74. The summed E-state index contributed by atoms with van der Waals surface area (Å²) in [6.07, 6.45) is 2.57. The van der Waals surface area contributed by atoms with Crippen molar-refractivity contribution in [3.63, 3.8) is 0 Å². The smallest absolute Gasteiger partial charge is 0.113 e. The molecule has 0 aromatic carbocycles. The number of aliphatic hydroxyl groups is 1. The Hall–Kier alpha value is -0.770. The van der Waals surface area contributed by atoms with E-state index in [1.165, 1.54) is 18.2 Å². The average molecular weight is 192 g/mol. The Morgan fingerprint density at radius 1 is 1.31 bits per heavy atom. The minimum Gasteiger partial charge on any atom is -0.388 e. The molecule has 0 aliphatic heterocycles. The van der Waals surface area contributed by atoms with Crippen LogP contribution >= 0.6 is 0 Å². The van der Waals surface area contributed by atoms with Crippen molar-refractivity contribution in [3.8, 4) is 0 Å². The van der Waals surface area contributed by atoms with Gasteiger partial charge in [0.1, 0.15) is 20.0 Å². The van der Waals surface area contributed by atoms with E-state index in [4.69, 9.17) is 0 Å². The van der Waals surface area contributed by atoms with Crippen LogP contribution < -0.4 is 0 Å². The second kappa shape index (κ2) is 3.96. The van der Waals surface area contributed by atoms with Crippen LogP contribution in [-0.4, -0.2) is 31.2 Å². The molecule has 4 heteroatoms. The van der Waals surface area contributed by atoms with Gasteiger partial charge in [0.25, 0.3) is 0 Å². The minimum atomic E-state index is -1.57. The molecule has 0 fully saturated rings. The third kappa shape index (κ3) is 1.63. The maximum absolute atomic E-state index is 12.5. The van der Waals surface area contributed by atoms with Gasteiger partial charge in [-0.25, -0.2) is 13.2 Å². The summed E-state index contributed by atoms with van der Waals surface area (Å²) in [4.78, 5) is 0. The molecule has 1 atom stereocenters. The first kappa shape index (κ1) is 10.3. The van der Waals surface area contributed by atoms with Gasteiger partial charge in [-0.05, 0) is 5.57 Å². The highest BCUT2D eigenvalue weighted by Gasteiger charge is 2.39. The number of allylic oxidation sites excluding steroid dienone is 2. The summed E-state index contributed by atoms with van der Waals surface area (Å²) in [7, 11) is 0. The van der Waals surface area contributed by atoms with E-state index in [0.717, 1.165) is 0 Å². The van der Waals surface area contributed by atoms with Crippen molar-refractivity contribution in [2.24, 2.45) is 5.41 Å². The largest absolute Gasteiger partial charge is 0.388 e. The van der Waals surface area contributed by atoms with Crippen LogP contribution in [-0.2, 0) is 0 Å². The van der Waals surface area contributed by atoms with Gasteiger partial charge >= 0.3 is 0 Å². The first-order chi connectivity index (χ1) is 6.20. The van der Waals surface area contributed by atoms with Gasteiger partial charge in [-0.1, -0.05) is 18.2 Å². The van der Waals surface area contributed by atoms with Crippen molar-refractivity contribution >= 4 is 0 Å². The zero-order valence-corrected chi connectivity index (χ0v) is 7.01. The van der Waals surface area contributed by atoms with Crippen LogP contribution in [0.25, 0.3) is 0 Å². The molecule has 1 aliphatic rings. The monoisotopic (exact) mass is 192 g/mol. The van der Waals surface area contributed by atoms with Crippen molar-refractivity contribution in [1.82, 2.24) is 0 Å². The van der Waals surface area contributed by atoms with Crippen LogP contribution in [0.5, 0.6) is 0 Å². The van der Waals surface area contributed by atoms with E-state index in [1.54, 1.807) is 0 Å². The van der Waals surface area contributed by atoms with E-state index >= 15 is 0 Å². The summed E-state index contributed by atoms with van der Waals surface area (Å²) >= 11 is 0. The number of hydrogen-bond donors (Lipinski definition) is 1. The molecule has 0 aromatic rings. The Labute approximate surface area is 74.6 Å². The number of aliphatic hydroxyl groups excluding tert-OH is 1. The molecule has 1 aliphatic carbocycles. The molecule has 0 heterocycles. The van der Waals surface area contributed by atoms with Gasteiger partial charge < -0.3 is 5.11 Å². The molecule has 1 unspecified atom stereocenters. The van der Waals surface area contributed by atoms with E-state index in [1.807, 2.05) is 0 Å². The zero-order chi connectivity index (χ0) is 9.90.